The molecule has 2 aromatic rings. The lowest BCUT2D eigenvalue weighted by Gasteiger charge is -2.05. The molecule has 1 aromatic heterocycles. The molecule has 0 bridgehead atoms. The first kappa shape index (κ1) is 13.1. The monoisotopic (exact) mass is 255 g/mol. The number of aryl methyl sites for hydroxylation is 1. The molecule has 0 aliphatic carbocycles. The van der Waals surface area contributed by atoms with E-state index in [0.29, 0.717) is 19.4 Å². The molecule has 0 unspecified atom stereocenters. The average Bonchev–Trinajstić information content (AvgIpc) is 2.44. The van der Waals surface area contributed by atoms with Gasteiger partial charge >= 0.3 is 0 Å². The second-order valence-electron chi connectivity index (χ2n) is 4.34. The van der Waals surface area contributed by atoms with Crippen molar-refractivity contribution in [2.45, 2.75) is 19.4 Å². The minimum absolute atomic E-state index is 0.0214. The topological polar surface area (TPSA) is 68.0 Å². The lowest BCUT2D eigenvalue weighted by Crippen LogP contribution is -2.23. The van der Waals surface area contributed by atoms with E-state index in [1.807, 2.05) is 42.5 Å². The first-order valence-corrected chi connectivity index (χ1v) is 6.25. The number of nitrogen functional groups attached to an aromatic ring is 1. The number of pyridine rings is 1. The summed E-state index contributed by atoms with van der Waals surface area (Å²) in [6.45, 7) is 0.469. The Balaban J connectivity index is 1.76. The Bertz CT molecular complexity index is 540. The van der Waals surface area contributed by atoms with E-state index in [2.05, 4.69) is 10.3 Å². The Morgan fingerprint density at radius 1 is 1.21 bits per heavy atom. The summed E-state index contributed by atoms with van der Waals surface area (Å²) in [7, 11) is 0. The second kappa shape index (κ2) is 6.54. The largest absolute Gasteiger partial charge is 0.399 e. The molecular formula is C15H17N3O. The molecule has 3 N–H and O–H groups in total. The summed E-state index contributed by atoms with van der Waals surface area (Å²) in [6, 6.07) is 13.3. The summed E-state index contributed by atoms with van der Waals surface area (Å²) < 4.78 is 0. The summed E-state index contributed by atoms with van der Waals surface area (Å²) >= 11 is 0. The van der Waals surface area contributed by atoms with E-state index < -0.39 is 0 Å². The molecule has 0 spiro atoms. The number of nitrogens with zero attached hydrogens (tertiary/aromatic N) is 1. The highest BCUT2D eigenvalue weighted by molar-refractivity contribution is 5.76. The molecule has 1 amide bonds. The SMILES string of the molecule is Nc1cccc(CCC(=O)NCc2ccccn2)c1. The van der Waals surface area contributed by atoms with Gasteiger partial charge in [0.1, 0.15) is 0 Å². The quantitative estimate of drug-likeness (QED) is 0.802. The van der Waals surface area contributed by atoms with Crippen molar-refractivity contribution in [1.82, 2.24) is 10.3 Å². The van der Waals surface area contributed by atoms with Gasteiger partial charge in [-0.1, -0.05) is 18.2 Å². The third-order valence-corrected chi connectivity index (χ3v) is 2.78. The molecule has 2 rings (SSSR count). The fraction of sp³-hybridized carbons (Fsp3) is 0.200. The third kappa shape index (κ3) is 4.43. The van der Waals surface area contributed by atoms with Crippen LogP contribution in [0.25, 0.3) is 0 Å². The number of hydrogen-bond donors (Lipinski definition) is 2. The molecule has 4 nitrogen and oxygen atoms in total. The molecular weight excluding hydrogens is 238 g/mol. The molecule has 1 heterocycles. The lowest BCUT2D eigenvalue weighted by atomic mass is 10.1. The van der Waals surface area contributed by atoms with Crippen LogP contribution in [-0.4, -0.2) is 10.9 Å². The number of anilines is 1. The van der Waals surface area contributed by atoms with Crippen LogP contribution in [0.3, 0.4) is 0 Å². The summed E-state index contributed by atoms with van der Waals surface area (Å²) in [4.78, 5) is 15.9. The first-order chi connectivity index (χ1) is 9.24. The molecule has 0 atom stereocenters. The number of carbonyl (C=O) groups excluding carboxylic acids is 1. The fourth-order valence-corrected chi connectivity index (χ4v) is 1.79. The minimum atomic E-state index is 0.0214. The summed E-state index contributed by atoms with van der Waals surface area (Å²) in [6.07, 6.45) is 2.86. The van der Waals surface area contributed by atoms with Gasteiger partial charge in [-0.15, -0.1) is 0 Å². The predicted molar refractivity (Wildman–Crippen MR) is 75.3 cm³/mol. The Hall–Kier alpha value is -2.36. The predicted octanol–water partition coefficient (Wildman–Crippen LogP) is 1.91. The van der Waals surface area contributed by atoms with E-state index in [1.165, 1.54) is 0 Å². The van der Waals surface area contributed by atoms with Crippen molar-refractivity contribution >= 4 is 11.6 Å². The van der Waals surface area contributed by atoms with E-state index in [0.717, 1.165) is 16.9 Å². The summed E-state index contributed by atoms with van der Waals surface area (Å²) in [5, 5.41) is 2.85. The Morgan fingerprint density at radius 3 is 2.84 bits per heavy atom. The molecule has 0 radical (unpaired) electrons. The third-order valence-electron chi connectivity index (χ3n) is 2.78. The number of nitrogens with two attached hydrogens (primary N) is 1. The van der Waals surface area contributed by atoms with Crippen molar-refractivity contribution in [3.05, 3.63) is 59.9 Å². The van der Waals surface area contributed by atoms with Crippen LogP contribution in [0.5, 0.6) is 0 Å². The van der Waals surface area contributed by atoms with E-state index in [-0.39, 0.29) is 5.91 Å². The van der Waals surface area contributed by atoms with Crippen LogP contribution < -0.4 is 11.1 Å². The van der Waals surface area contributed by atoms with Crippen molar-refractivity contribution < 1.29 is 4.79 Å². The van der Waals surface area contributed by atoms with Crippen molar-refractivity contribution in [2.24, 2.45) is 0 Å². The Kier molecular flexibility index (Phi) is 4.50. The molecule has 0 aliphatic rings. The maximum atomic E-state index is 11.7. The number of benzene rings is 1. The van der Waals surface area contributed by atoms with Crippen molar-refractivity contribution in [3.63, 3.8) is 0 Å². The second-order valence-corrected chi connectivity index (χ2v) is 4.34. The van der Waals surface area contributed by atoms with Gasteiger partial charge in [-0.3, -0.25) is 9.78 Å². The molecule has 98 valence electrons. The van der Waals surface area contributed by atoms with Gasteiger partial charge in [-0.25, -0.2) is 0 Å². The smallest absolute Gasteiger partial charge is 0.220 e. The van der Waals surface area contributed by atoms with E-state index in [9.17, 15) is 4.79 Å². The number of carbonyl (C=O) groups is 1. The zero-order valence-electron chi connectivity index (χ0n) is 10.7. The van der Waals surface area contributed by atoms with Gasteiger partial charge in [-0.2, -0.15) is 0 Å². The van der Waals surface area contributed by atoms with Crippen LogP contribution in [0.2, 0.25) is 0 Å². The maximum absolute atomic E-state index is 11.7. The van der Waals surface area contributed by atoms with Crippen LogP contribution in [-0.2, 0) is 17.8 Å². The number of hydrogen-bond acceptors (Lipinski definition) is 3. The number of rotatable bonds is 5. The lowest BCUT2D eigenvalue weighted by molar-refractivity contribution is -0.121. The zero-order chi connectivity index (χ0) is 13.5. The normalized spacial score (nSPS) is 10.1. The van der Waals surface area contributed by atoms with Crippen molar-refractivity contribution in [2.75, 3.05) is 5.73 Å². The van der Waals surface area contributed by atoms with Gasteiger partial charge in [0.05, 0.1) is 12.2 Å². The van der Waals surface area contributed by atoms with Crippen LogP contribution >= 0.6 is 0 Å². The van der Waals surface area contributed by atoms with Crippen LogP contribution in [0, 0.1) is 0 Å². The van der Waals surface area contributed by atoms with E-state index in [4.69, 9.17) is 5.73 Å². The van der Waals surface area contributed by atoms with E-state index in [1.54, 1.807) is 6.20 Å². The van der Waals surface area contributed by atoms with Crippen molar-refractivity contribution in [1.29, 1.82) is 0 Å². The molecule has 0 saturated carbocycles. The maximum Gasteiger partial charge on any atom is 0.220 e. The molecule has 0 saturated heterocycles. The molecule has 1 aromatic carbocycles. The first-order valence-electron chi connectivity index (χ1n) is 6.25. The summed E-state index contributed by atoms with van der Waals surface area (Å²) in [5.74, 6) is 0.0214. The zero-order valence-corrected chi connectivity index (χ0v) is 10.7. The fourth-order valence-electron chi connectivity index (χ4n) is 1.79. The number of nitrogens with one attached hydrogen (secondary N) is 1. The Morgan fingerprint density at radius 2 is 2.11 bits per heavy atom. The van der Waals surface area contributed by atoms with Gasteiger partial charge in [0.25, 0.3) is 0 Å². The van der Waals surface area contributed by atoms with Crippen molar-refractivity contribution in [3.8, 4) is 0 Å². The highest BCUT2D eigenvalue weighted by Gasteiger charge is 2.03. The summed E-state index contributed by atoms with van der Waals surface area (Å²) in [5.41, 5.74) is 8.36. The van der Waals surface area contributed by atoms with Gasteiger partial charge in [-0.05, 0) is 36.2 Å². The van der Waals surface area contributed by atoms with Crippen LogP contribution in [0.1, 0.15) is 17.7 Å². The standard InChI is InChI=1S/C15H17N3O/c16-13-5-3-4-12(10-13)7-8-15(19)18-11-14-6-1-2-9-17-14/h1-6,9-10H,7-8,11,16H2,(H,18,19). The molecule has 4 heteroatoms. The Labute approximate surface area is 112 Å². The minimum Gasteiger partial charge on any atom is -0.399 e. The van der Waals surface area contributed by atoms with Crippen LogP contribution in [0.15, 0.2) is 48.7 Å². The van der Waals surface area contributed by atoms with Gasteiger partial charge in [0.15, 0.2) is 0 Å². The van der Waals surface area contributed by atoms with E-state index >= 15 is 0 Å². The molecule has 19 heavy (non-hydrogen) atoms. The average molecular weight is 255 g/mol. The number of amides is 1. The van der Waals surface area contributed by atoms with Gasteiger partial charge < -0.3 is 11.1 Å². The molecule has 0 fully saturated rings. The molecule has 0 aliphatic heterocycles. The number of aromatic nitrogens is 1. The highest BCUT2D eigenvalue weighted by Crippen LogP contribution is 2.08. The van der Waals surface area contributed by atoms with Crippen LogP contribution in [0.4, 0.5) is 5.69 Å². The van der Waals surface area contributed by atoms with Gasteiger partial charge in [0, 0.05) is 18.3 Å². The van der Waals surface area contributed by atoms with Gasteiger partial charge in [0.2, 0.25) is 5.91 Å². The highest BCUT2D eigenvalue weighted by atomic mass is 16.1.